The van der Waals surface area contributed by atoms with Gasteiger partial charge >= 0.3 is 0 Å². The molecule has 0 aliphatic carbocycles. The molecule has 1 heterocycles. The minimum atomic E-state index is -0.187. The Morgan fingerprint density at radius 3 is 2.89 bits per heavy atom. The first-order valence-electron chi connectivity index (χ1n) is 6.00. The molecule has 0 unspecified atom stereocenters. The lowest BCUT2D eigenvalue weighted by Crippen LogP contribution is -2.13. The van der Waals surface area contributed by atoms with Crippen molar-refractivity contribution in [2.45, 2.75) is 26.8 Å². The van der Waals surface area contributed by atoms with Crippen LogP contribution in [0.4, 0.5) is 4.39 Å². The molecule has 0 aliphatic rings. The van der Waals surface area contributed by atoms with Crippen LogP contribution in [0.2, 0.25) is 0 Å². The van der Waals surface area contributed by atoms with E-state index < -0.39 is 0 Å². The fourth-order valence-electron chi connectivity index (χ4n) is 1.59. The van der Waals surface area contributed by atoms with Crippen LogP contribution < -0.4 is 5.32 Å². The second-order valence-corrected chi connectivity index (χ2v) is 5.20. The quantitative estimate of drug-likeness (QED) is 0.844. The van der Waals surface area contributed by atoms with Crippen molar-refractivity contribution in [3.63, 3.8) is 0 Å². The van der Waals surface area contributed by atoms with Gasteiger partial charge in [-0.05, 0) is 43.7 Å². The van der Waals surface area contributed by atoms with E-state index in [0.29, 0.717) is 5.56 Å². The highest BCUT2D eigenvalue weighted by molar-refractivity contribution is 7.14. The van der Waals surface area contributed by atoms with Gasteiger partial charge in [0.05, 0.1) is 0 Å². The maximum Gasteiger partial charge on any atom is 0.147 e. The number of nitrogens with zero attached hydrogens (tertiary/aromatic N) is 2. The zero-order valence-electron chi connectivity index (χ0n) is 10.5. The molecule has 0 bridgehead atoms. The molecule has 0 radical (unpaired) electrons. The molecule has 0 atom stereocenters. The van der Waals surface area contributed by atoms with Crippen molar-refractivity contribution in [3.8, 4) is 10.6 Å². The molecule has 0 spiro atoms. The Kier molecular flexibility index (Phi) is 4.38. The van der Waals surface area contributed by atoms with Gasteiger partial charge in [0.25, 0.3) is 0 Å². The van der Waals surface area contributed by atoms with Crippen LogP contribution in [0, 0.1) is 12.7 Å². The number of aromatic nitrogens is 2. The summed E-state index contributed by atoms with van der Waals surface area (Å²) in [6.07, 6.45) is 1.10. The van der Waals surface area contributed by atoms with Crippen LogP contribution in [-0.2, 0) is 6.54 Å². The van der Waals surface area contributed by atoms with Crippen LogP contribution in [0.5, 0.6) is 0 Å². The molecule has 0 amide bonds. The predicted octanol–water partition coefficient (Wildman–Crippen LogP) is 3.15. The first-order valence-corrected chi connectivity index (χ1v) is 6.82. The van der Waals surface area contributed by atoms with Gasteiger partial charge < -0.3 is 5.32 Å². The van der Waals surface area contributed by atoms with Gasteiger partial charge in [-0.2, -0.15) is 0 Å². The molecule has 1 aromatic heterocycles. The third-order valence-electron chi connectivity index (χ3n) is 2.57. The first kappa shape index (κ1) is 13.1. The fourth-order valence-corrected chi connectivity index (χ4v) is 2.40. The van der Waals surface area contributed by atoms with Crippen LogP contribution in [0.1, 0.15) is 23.9 Å². The van der Waals surface area contributed by atoms with Crippen LogP contribution >= 0.6 is 11.3 Å². The summed E-state index contributed by atoms with van der Waals surface area (Å²) >= 11 is 1.54. The second-order valence-electron chi connectivity index (χ2n) is 4.14. The molecule has 96 valence electrons. The molecule has 0 aliphatic heterocycles. The molecule has 1 aromatic carbocycles. The summed E-state index contributed by atoms with van der Waals surface area (Å²) in [6.45, 7) is 5.60. The summed E-state index contributed by atoms with van der Waals surface area (Å²) in [5.74, 6) is -0.187. The van der Waals surface area contributed by atoms with Gasteiger partial charge in [0, 0.05) is 12.1 Å². The van der Waals surface area contributed by atoms with E-state index in [9.17, 15) is 4.39 Å². The van der Waals surface area contributed by atoms with E-state index in [-0.39, 0.29) is 5.82 Å². The minimum Gasteiger partial charge on any atom is -0.310 e. The normalized spacial score (nSPS) is 10.8. The predicted molar refractivity (Wildman–Crippen MR) is 72.0 cm³/mol. The van der Waals surface area contributed by atoms with Crippen molar-refractivity contribution in [3.05, 3.63) is 34.6 Å². The van der Waals surface area contributed by atoms with E-state index in [2.05, 4.69) is 22.4 Å². The molecule has 0 saturated heterocycles. The van der Waals surface area contributed by atoms with Gasteiger partial charge in [0.2, 0.25) is 0 Å². The summed E-state index contributed by atoms with van der Waals surface area (Å²) < 4.78 is 13.2. The molecule has 0 saturated carbocycles. The highest BCUT2D eigenvalue weighted by atomic mass is 32.1. The summed E-state index contributed by atoms with van der Waals surface area (Å²) in [5, 5.41) is 13.4. The number of nitrogens with one attached hydrogen (secondary N) is 1. The number of aryl methyl sites for hydroxylation is 1. The molecule has 5 heteroatoms. The van der Waals surface area contributed by atoms with Gasteiger partial charge in [0.15, 0.2) is 0 Å². The maximum atomic E-state index is 13.2. The Morgan fingerprint density at radius 2 is 2.17 bits per heavy atom. The van der Waals surface area contributed by atoms with Gasteiger partial charge in [-0.15, -0.1) is 10.2 Å². The number of benzene rings is 1. The smallest absolute Gasteiger partial charge is 0.147 e. The summed E-state index contributed by atoms with van der Waals surface area (Å²) in [6, 6.07) is 5.02. The minimum absolute atomic E-state index is 0.187. The highest BCUT2D eigenvalue weighted by Crippen LogP contribution is 2.25. The standard InChI is InChI=1S/C13H16FN3S/c1-3-6-15-8-12-16-17-13(18-12)10-4-5-11(14)9(2)7-10/h4-5,7,15H,3,6,8H2,1-2H3. The Hall–Kier alpha value is -1.33. The van der Waals surface area contributed by atoms with Gasteiger partial charge in [-0.3, -0.25) is 0 Å². The molecule has 18 heavy (non-hydrogen) atoms. The monoisotopic (exact) mass is 265 g/mol. The Morgan fingerprint density at radius 1 is 1.33 bits per heavy atom. The molecule has 2 rings (SSSR count). The van der Waals surface area contributed by atoms with Crippen molar-refractivity contribution >= 4 is 11.3 Å². The van der Waals surface area contributed by atoms with Gasteiger partial charge in [0.1, 0.15) is 15.8 Å². The van der Waals surface area contributed by atoms with E-state index in [1.165, 1.54) is 6.07 Å². The van der Waals surface area contributed by atoms with E-state index in [1.54, 1.807) is 30.4 Å². The number of hydrogen-bond donors (Lipinski definition) is 1. The van der Waals surface area contributed by atoms with Gasteiger partial charge in [-0.25, -0.2) is 4.39 Å². The van der Waals surface area contributed by atoms with E-state index in [0.717, 1.165) is 35.1 Å². The molecule has 2 aromatic rings. The summed E-state index contributed by atoms with van der Waals surface area (Å²) in [4.78, 5) is 0. The third kappa shape index (κ3) is 3.11. The van der Waals surface area contributed by atoms with Crippen molar-refractivity contribution in [1.82, 2.24) is 15.5 Å². The average molecular weight is 265 g/mol. The topological polar surface area (TPSA) is 37.8 Å². The lowest BCUT2D eigenvalue weighted by Gasteiger charge is -1.99. The molecule has 0 fully saturated rings. The molecular formula is C13H16FN3S. The van der Waals surface area contributed by atoms with Crippen LogP contribution in [0.3, 0.4) is 0 Å². The highest BCUT2D eigenvalue weighted by Gasteiger charge is 2.07. The number of rotatable bonds is 5. The van der Waals surface area contributed by atoms with Crippen LogP contribution in [0.25, 0.3) is 10.6 Å². The average Bonchev–Trinajstić information content (AvgIpc) is 2.82. The Balaban J connectivity index is 2.11. The summed E-state index contributed by atoms with van der Waals surface area (Å²) in [5.41, 5.74) is 1.56. The summed E-state index contributed by atoms with van der Waals surface area (Å²) in [7, 11) is 0. The number of halogens is 1. The third-order valence-corrected chi connectivity index (χ3v) is 3.55. The SMILES string of the molecule is CCCNCc1nnc(-c2ccc(F)c(C)c2)s1. The zero-order valence-corrected chi connectivity index (χ0v) is 11.4. The Labute approximate surface area is 110 Å². The molecule has 1 N–H and O–H groups in total. The van der Waals surface area contributed by atoms with Gasteiger partial charge in [-0.1, -0.05) is 18.3 Å². The lowest BCUT2D eigenvalue weighted by atomic mass is 10.1. The first-order chi connectivity index (χ1) is 8.70. The maximum absolute atomic E-state index is 13.2. The lowest BCUT2D eigenvalue weighted by molar-refractivity contribution is 0.619. The van der Waals surface area contributed by atoms with Crippen LogP contribution in [-0.4, -0.2) is 16.7 Å². The molecule has 3 nitrogen and oxygen atoms in total. The zero-order chi connectivity index (χ0) is 13.0. The van der Waals surface area contributed by atoms with E-state index in [4.69, 9.17) is 0 Å². The van der Waals surface area contributed by atoms with Crippen molar-refractivity contribution < 1.29 is 4.39 Å². The largest absolute Gasteiger partial charge is 0.310 e. The fraction of sp³-hybridized carbons (Fsp3) is 0.385. The van der Waals surface area contributed by atoms with Crippen LogP contribution in [0.15, 0.2) is 18.2 Å². The van der Waals surface area contributed by atoms with Crippen molar-refractivity contribution in [2.24, 2.45) is 0 Å². The molecular weight excluding hydrogens is 249 g/mol. The Bertz CT molecular complexity index is 525. The van der Waals surface area contributed by atoms with Crippen molar-refractivity contribution in [1.29, 1.82) is 0 Å². The second kappa shape index (κ2) is 6.02. The number of hydrogen-bond acceptors (Lipinski definition) is 4. The van der Waals surface area contributed by atoms with E-state index >= 15 is 0 Å². The van der Waals surface area contributed by atoms with E-state index in [1.807, 2.05) is 0 Å². The van der Waals surface area contributed by atoms with Crippen molar-refractivity contribution in [2.75, 3.05) is 6.54 Å².